The van der Waals surface area contributed by atoms with E-state index in [1.54, 1.807) is 0 Å². The molecule has 1 atom stereocenters. The second-order valence-electron chi connectivity index (χ2n) is 4.11. The van der Waals surface area contributed by atoms with Gasteiger partial charge in [-0.05, 0) is 25.8 Å². The molecule has 2 N–H and O–H groups in total. The van der Waals surface area contributed by atoms with Crippen LogP contribution in [0.15, 0.2) is 12.3 Å². The lowest BCUT2D eigenvalue weighted by Gasteiger charge is -2.10. The van der Waals surface area contributed by atoms with Gasteiger partial charge in [-0.2, -0.15) is 0 Å². The van der Waals surface area contributed by atoms with Crippen molar-refractivity contribution >= 4 is 0 Å². The molecule has 1 unspecified atom stereocenters. The lowest BCUT2D eigenvalue weighted by molar-refractivity contribution is 0.661. The Kier molecular flexibility index (Phi) is 2.77. The first kappa shape index (κ1) is 9.59. The van der Waals surface area contributed by atoms with Crippen molar-refractivity contribution in [2.24, 2.45) is 5.73 Å². The molecule has 0 aromatic carbocycles. The highest BCUT2D eigenvalue weighted by Gasteiger charge is 2.18. The number of nitrogens with two attached hydrogens (primary N) is 1. The average Bonchev–Trinajstić information content (AvgIpc) is 2.71. The van der Waals surface area contributed by atoms with Crippen molar-refractivity contribution in [3.63, 3.8) is 0 Å². The second-order valence-corrected chi connectivity index (χ2v) is 4.11. The fourth-order valence-electron chi connectivity index (χ4n) is 2.06. The lowest BCUT2D eigenvalue weighted by atomic mass is 10.0. The Balaban J connectivity index is 2.21. The fourth-order valence-corrected chi connectivity index (χ4v) is 2.06. The van der Waals surface area contributed by atoms with Gasteiger partial charge in [-0.1, -0.05) is 12.8 Å². The van der Waals surface area contributed by atoms with Gasteiger partial charge >= 0.3 is 0 Å². The van der Waals surface area contributed by atoms with E-state index in [0.717, 1.165) is 5.82 Å². The highest BCUT2D eigenvalue weighted by molar-refractivity contribution is 5.11. The summed E-state index contributed by atoms with van der Waals surface area (Å²) in [6, 6.07) is 1.97. The molecule has 14 heavy (non-hydrogen) atoms. The number of rotatable bonds is 2. The molecule has 1 aliphatic rings. The van der Waals surface area contributed by atoms with Crippen LogP contribution in [-0.4, -0.2) is 9.97 Å². The smallest absolute Gasteiger partial charge is 0.144 e. The number of nitrogens with zero attached hydrogens (tertiary/aromatic N) is 2. The summed E-state index contributed by atoms with van der Waals surface area (Å²) in [6.07, 6.45) is 7.05. The minimum Gasteiger partial charge on any atom is -0.322 e. The molecule has 0 bridgehead atoms. The van der Waals surface area contributed by atoms with Crippen molar-refractivity contribution in [2.75, 3.05) is 0 Å². The minimum absolute atomic E-state index is 0.0589. The summed E-state index contributed by atoms with van der Waals surface area (Å²) < 4.78 is 0. The van der Waals surface area contributed by atoms with Crippen molar-refractivity contribution < 1.29 is 0 Å². The first-order valence-electron chi connectivity index (χ1n) is 5.36. The maximum atomic E-state index is 5.76. The van der Waals surface area contributed by atoms with Crippen molar-refractivity contribution in [3.8, 4) is 0 Å². The Morgan fingerprint density at radius 1 is 1.43 bits per heavy atom. The van der Waals surface area contributed by atoms with E-state index in [-0.39, 0.29) is 6.04 Å². The van der Waals surface area contributed by atoms with E-state index < -0.39 is 0 Å². The van der Waals surface area contributed by atoms with Gasteiger partial charge in [0.05, 0.1) is 6.04 Å². The number of hydrogen-bond donors (Lipinski definition) is 1. The van der Waals surface area contributed by atoms with E-state index in [1.165, 1.54) is 31.4 Å². The third kappa shape index (κ3) is 1.93. The highest BCUT2D eigenvalue weighted by Crippen LogP contribution is 2.32. The molecule has 1 saturated carbocycles. The first-order valence-corrected chi connectivity index (χ1v) is 5.36. The van der Waals surface area contributed by atoms with Gasteiger partial charge in [-0.3, -0.25) is 0 Å². The summed E-state index contributed by atoms with van der Waals surface area (Å²) in [6.45, 7) is 1.92. The Labute approximate surface area is 84.8 Å². The van der Waals surface area contributed by atoms with Gasteiger partial charge in [0.1, 0.15) is 5.82 Å². The minimum atomic E-state index is -0.0589. The average molecular weight is 191 g/mol. The molecule has 0 radical (unpaired) electrons. The van der Waals surface area contributed by atoms with E-state index in [9.17, 15) is 0 Å². The molecule has 0 saturated heterocycles. The summed E-state index contributed by atoms with van der Waals surface area (Å²) >= 11 is 0. The van der Waals surface area contributed by atoms with Gasteiger partial charge in [-0.25, -0.2) is 9.97 Å². The first-order chi connectivity index (χ1) is 6.77. The zero-order valence-electron chi connectivity index (χ0n) is 8.61. The molecule has 3 heteroatoms. The Hall–Kier alpha value is -0.960. The van der Waals surface area contributed by atoms with E-state index in [2.05, 4.69) is 9.97 Å². The molecule has 0 amide bonds. The zero-order chi connectivity index (χ0) is 9.97. The monoisotopic (exact) mass is 191 g/mol. The third-order valence-electron chi connectivity index (χ3n) is 2.88. The van der Waals surface area contributed by atoms with Crippen LogP contribution in [0.5, 0.6) is 0 Å². The van der Waals surface area contributed by atoms with Crippen molar-refractivity contribution in [1.82, 2.24) is 9.97 Å². The molecule has 1 aromatic heterocycles. The number of aromatic nitrogens is 2. The van der Waals surface area contributed by atoms with Crippen LogP contribution in [0.2, 0.25) is 0 Å². The standard InChI is InChI=1S/C11H17N3/c1-8(12)11-13-7-6-10(14-11)9-4-2-3-5-9/h6-9H,2-5,12H2,1H3. The normalized spacial score (nSPS) is 19.9. The van der Waals surface area contributed by atoms with Gasteiger partial charge in [-0.15, -0.1) is 0 Å². The third-order valence-corrected chi connectivity index (χ3v) is 2.88. The molecule has 0 aliphatic heterocycles. The van der Waals surface area contributed by atoms with Crippen LogP contribution in [0.4, 0.5) is 0 Å². The molecule has 1 aliphatic carbocycles. The van der Waals surface area contributed by atoms with Gasteiger partial charge in [0, 0.05) is 17.8 Å². The van der Waals surface area contributed by atoms with E-state index >= 15 is 0 Å². The lowest BCUT2D eigenvalue weighted by Crippen LogP contribution is -2.11. The largest absolute Gasteiger partial charge is 0.322 e. The molecular formula is C11H17N3. The van der Waals surface area contributed by atoms with Gasteiger partial charge in [0.15, 0.2) is 0 Å². The molecule has 76 valence electrons. The summed E-state index contributed by atoms with van der Waals surface area (Å²) in [4.78, 5) is 8.69. The summed E-state index contributed by atoms with van der Waals surface area (Å²) in [5.74, 6) is 1.42. The van der Waals surface area contributed by atoms with Crippen LogP contribution < -0.4 is 5.73 Å². The predicted octanol–water partition coefficient (Wildman–Crippen LogP) is 2.15. The molecule has 3 nitrogen and oxygen atoms in total. The van der Waals surface area contributed by atoms with Crippen LogP contribution in [0.25, 0.3) is 0 Å². The zero-order valence-corrected chi connectivity index (χ0v) is 8.61. The van der Waals surface area contributed by atoms with E-state index in [0.29, 0.717) is 5.92 Å². The van der Waals surface area contributed by atoms with Crippen molar-refractivity contribution in [1.29, 1.82) is 0 Å². The maximum Gasteiger partial charge on any atom is 0.144 e. The summed E-state index contributed by atoms with van der Waals surface area (Å²) in [5.41, 5.74) is 6.94. The van der Waals surface area contributed by atoms with Crippen LogP contribution in [0, 0.1) is 0 Å². The highest BCUT2D eigenvalue weighted by atomic mass is 14.9. The molecule has 0 spiro atoms. The Morgan fingerprint density at radius 3 is 2.79 bits per heavy atom. The van der Waals surface area contributed by atoms with Crippen LogP contribution >= 0.6 is 0 Å². The SMILES string of the molecule is CC(N)c1nccc(C2CCCC2)n1. The van der Waals surface area contributed by atoms with Crippen molar-refractivity contribution in [2.45, 2.75) is 44.6 Å². The van der Waals surface area contributed by atoms with Gasteiger partial charge < -0.3 is 5.73 Å². The molecule has 1 fully saturated rings. The maximum absolute atomic E-state index is 5.76. The number of hydrogen-bond acceptors (Lipinski definition) is 3. The predicted molar refractivity (Wildman–Crippen MR) is 55.8 cm³/mol. The molecule has 1 aromatic rings. The van der Waals surface area contributed by atoms with Crippen molar-refractivity contribution in [3.05, 3.63) is 23.8 Å². The van der Waals surface area contributed by atoms with Crippen LogP contribution in [0.1, 0.15) is 56.1 Å². The Bertz CT molecular complexity index is 303. The van der Waals surface area contributed by atoms with E-state index in [1.807, 2.05) is 19.2 Å². The van der Waals surface area contributed by atoms with E-state index in [4.69, 9.17) is 5.73 Å². The molecule has 1 heterocycles. The quantitative estimate of drug-likeness (QED) is 0.779. The topological polar surface area (TPSA) is 51.8 Å². The van der Waals surface area contributed by atoms with Gasteiger partial charge in [0.25, 0.3) is 0 Å². The second kappa shape index (κ2) is 4.05. The molecular weight excluding hydrogens is 174 g/mol. The Morgan fingerprint density at radius 2 is 2.14 bits per heavy atom. The molecule has 2 rings (SSSR count). The summed E-state index contributed by atoms with van der Waals surface area (Å²) in [5, 5.41) is 0. The van der Waals surface area contributed by atoms with Gasteiger partial charge in [0.2, 0.25) is 0 Å². The summed E-state index contributed by atoms with van der Waals surface area (Å²) in [7, 11) is 0. The fraction of sp³-hybridized carbons (Fsp3) is 0.636. The van der Waals surface area contributed by atoms with Crippen LogP contribution in [-0.2, 0) is 0 Å². The van der Waals surface area contributed by atoms with Crippen LogP contribution in [0.3, 0.4) is 0 Å².